The molecule has 2 aromatic heterocycles. The number of rotatable bonds is 8. The maximum absolute atomic E-state index is 14.8. The molecule has 1 aliphatic heterocycles. The van der Waals surface area contributed by atoms with E-state index in [4.69, 9.17) is 16.2 Å². The number of amides is 1. The minimum Gasteiger partial charge on any atom is -0.772 e. The summed E-state index contributed by atoms with van der Waals surface area (Å²) in [5.74, 6) is -1.38. The number of nitrogen functional groups attached to an aromatic ring is 2. The molecule has 1 amide bonds. The second kappa shape index (κ2) is 22.2. The Labute approximate surface area is 419 Å². The summed E-state index contributed by atoms with van der Waals surface area (Å²) in [5, 5.41) is 2.23. The normalized spacial score (nSPS) is 16.8. The predicted octanol–water partition coefficient (Wildman–Crippen LogP) is 4.61. The molecule has 3 saturated carbocycles. The topological polar surface area (TPSA) is 246 Å². The Balaban J connectivity index is 0.000000219. The van der Waals surface area contributed by atoms with Gasteiger partial charge in [0.2, 0.25) is 0 Å². The number of nitrogens with zero attached hydrogens (tertiary/aromatic N) is 5. The number of hydrogen-bond donors (Lipinski definition) is 3. The number of imidazole rings is 1. The van der Waals surface area contributed by atoms with E-state index in [-0.39, 0.29) is 84.9 Å². The van der Waals surface area contributed by atoms with Crippen molar-refractivity contribution in [3.05, 3.63) is 88.3 Å². The van der Waals surface area contributed by atoms with Crippen molar-refractivity contribution in [1.29, 1.82) is 0 Å². The van der Waals surface area contributed by atoms with E-state index >= 15 is 0 Å². The molecule has 3 aliphatic carbocycles. The Hall–Kier alpha value is -3.59. The molecule has 3 heterocycles. The Morgan fingerprint density at radius 3 is 1.79 bits per heavy atom. The number of likely N-dealkylation sites (tertiary alicyclic amines) is 1. The monoisotopic (exact) mass is 1100 g/mol. The fourth-order valence-corrected chi connectivity index (χ4v) is 10.7. The minimum atomic E-state index is -3.48. The summed E-state index contributed by atoms with van der Waals surface area (Å²) in [6.45, 7) is 6.64. The number of nitrogens with two attached hydrogens (primary N) is 2. The second-order valence-electron chi connectivity index (χ2n) is 16.8. The van der Waals surface area contributed by atoms with Crippen molar-refractivity contribution in [3.8, 4) is 0 Å². The summed E-state index contributed by atoms with van der Waals surface area (Å²) in [5.41, 5.74) is 11.3. The SMILES string of the molecule is CC(C)(C)OC(=O)N1CCC(n2cnc3c(Nc4ccc(S(=O)(=O)C5CC5)cc4F)ncnc32)CC1.Nc1ccc(I)cc1F.Nc1ccc(S(=O)(=O)C2CC2)cc1F.O=S([O-])C1CC1.[Na+]. The first kappa shape index (κ1) is 53.4. The summed E-state index contributed by atoms with van der Waals surface area (Å²) < 4.78 is 116. The first-order chi connectivity index (χ1) is 30.5. The fraction of sp³-hybridized carbons (Fsp3) is 0.429. The Kier molecular flexibility index (Phi) is 18.0. The average molecular weight is 1100 g/mol. The Morgan fingerprint density at radius 1 is 0.803 bits per heavy atom. The number of anilines is 4. The van der Waals surface area contributed by atoms with Crippen LogP contribution in [0.15, 0.2) is 77.0 Å². The third-order valence-corrected chi connectivity index (χ3v) is 16.6. The summed E-state index contributed by atoms with van der Waals surface area (Å²) in [7, 11) is -6.78. The molecule has 0 radical (unpaired) electrons. The molecule has 1 saturated heterocycles. The van der Waals surface area contributed by atoms with Gasteiger partial charge in [-0.05, 0) is 149 Å². The predicted molar refractivity (Wildman–Crippen MR) is 248 cm³/mol. The smallest absolute Gasteiger partial charge is 0.772 e. The van der Waals surface area contributed by atoms with Crippen molar-refractivity contribution >= 4 is 93.5 Å². The molecular formula is C42H49F3IN8NaO8S3. The molecule has 4 fully saturated rings. The molecule has 3 aromatic carbocycles. The van der Waals surface area contributed by atoms with Crippen LogP contribution in [0.3, 0.4) is 0 Å². The Bertz CT molecular complexity index is 2780. The van der Waals surface area contributed by atoms with E-state index in [1.807, 2.05) is 47.9 Å². The largest absolute Gasteiger partial charge is 1.00 e. The number of hydrogen-bond acceptors (Lipinski definition) is 14. The number of piperidine rings is 1. The molecule has 9 rings (SSSR count). The number of carbonyl (C=O) groups is 1. The van der Waals surface area contributed by atoms with Crippen molar-refractivity contribution in [3.63, 3.8) is 0 Å². The van der Waals surface area contributed by atoms with Gasteiger partial charge in [-0.25, -0.2) is 49.8 Å². The molecule has 16 nitrogen and oxygen atoms in total. The van der Waals surface area contributed by atoms with Crippen molar-refractivity contribution in [2.24, 2.45) is 0 Å². The van der Waals surface area contributed by atoms with Crippen molar-refractivity contribution in [2.75, 3.05) is 29.9 Å². The quantitative estimate of drug-likeness (QED) is 0.0832. The van der Waals surface area contributed by atoms with Crippen LogP contribution < -0.4 is 46.3 Å². The van der Waals surface area contributed by atoms with Crippen LogP contribution in [0.5, 0.6) is 0 Å². The summed E-state index contributed by atoms with van der Waals surface area (Å²) in [6, 6.07) is 12.3. The number of aromatic nitrogens is 4. The summed E-state index contributed by atoms with van der Waals surface area (Å²) in [6.07, 6.45) is 8.52. The van der Waals surface area contributed by atoms with E-state index in [0.29, 0.717) is 68.6 Å². The number of fused-ring (bicyclic) bond motifs is 1. The van der Waals surface area contributed by atoms with Gasteiger partial charge in [0, 0.05) is 28.0 Å². The van der Waals surface area contributed by atoms with Gasteiger partial charge in [0.15, 0.2) is 36.7 Å². The van der Waals surface area contributed by atoms with Crippen LogP contribution in [0.4, 0.5) is 40.8 Å². The Morgan fingerprint density at radius 2 is 1.33 bits per heavy atom. The van der Waals surface area contributed by atoms with Crippen molar-refractivity contribution in [1.82, 2.24) is 24.4 Å². The van der Waals surface area contributed by atoms with E-state index < -0.39 is 53.2 Å². The van der Waals surface area contributed by atoms with Crippen LogP contribution >= 0.6 is 22.6 Å². The van der Waals surface area contributed by atoms with Gasteiger partial charge in [-0.3, -0.25) is 4.21 Å². The van der Waals surface area contributed by atoms with Gasteiger partial charge in [-0.2, -0.15) is 0 Å². The molecule has 5 N–H and O–H groups in total. The molecule has 4 aliphatic rings. The van der Waals surface area contributed by atoms with Crippen molar-refractivity contribution < 1.29 is 77.9 Å². The van der Waals surface area contributed by atoms with Gasteiger partial charge in [0.25, 0.3) is 0 Å². The van der Waals surface area contributed by atoms with Crippen LogP contribution in [0.1, 0.15) is 78.2 Å². The van der Waals surface area contributed by atoms with Crippen LogP contribution in [-0.2, 0) is 35.5 Å². The van der Waals surface area contributed by atoms with E-state index in [1.165, 1.54) is 36.7 Å². The maximum Gasteiger partial charge on any atom is 1.00 e. The van der Waals surface area contributed by atoms with E-state index in [2.05, 4.69) is 20.3 Å². The van der Waals surface area contributed by atoms with Gasteiger partial charge in [-0.15, -0.1) is 0 Å². The number of benzene rings is 3. The van der Waals surface area contributed by atoms with Crippen LogP contribution in [-0.4, -0.2) is 90.5 Å². The van der Waals surface area contributed by atoms with Gasteiger partial charge < -0.3 is 35.5 Å². The zero-order valence-electron chi connectivity index (χ0n) is 36.6. The number of carbonyl (C=O) groups excluding carboxylic acids is 1. The number of nitrogens with one attached hydrogen (secondary N) is 1. The van der Waals surface area contributed by atoms with Crippen LogP contribution in [0.25, 0.3) is 11.2 Å². The summed E-state index contributed by atoms with van der Waals surface area (Å²) >= 11 is 0.270. The van der Waals surface area contributed by atoms with Gasteiger partial charge >= 0.3 is 35.7 Å². The number of sulfone groups is 2. The standard InChI is InChI=1S/C24H29FN6O4S.C9H10FNO2S.C6H5FIN.C3H6O2S.Na/c1-24(2,3)35-23(32)30-10-8-15(9-11-30)31-14-28-20-21(26-13-27-22(20)31)29-19-7-6-17(12-18(19)25)36(33,34)16-4-5-16;10-8-5-7(3-4-9(8)11)14(12,13)6-1-2-6;7-5-3-4(8)1-2-6(5)9;4-6(5)3-1-2-3;/h6-7,12-16H,4-5,8-11H2,1-3H3,(H,26,27,29);3-6H,1-2,11H2;1-3H,9H2;3H,1-2H2,(H,4,5);/q;;;;+1/p-1. The average Bonchev–Trinajstić information content (AvgIpc) is 4.09. The van der Waals surface area contributed by atoms with Gasteiger partial charge in [0.05, 0.1) is 43.7 Å². The molecule has 352 valence electrons. The van der Waals surface area contributed by atoms with E-state index in [0.717, 1.165) is 28.5 Å². The van der Waals surface area contributed by atoms with Crippen molar-refractivity contribution in [2.45, 2.75) is 109 Å². The number of halogens is 4. The molecule has 24 heteroatoms. The second-order valence-corrected chi connectivity index (χ2v) is 23.7. The zero-order valence-corrected chi connectivity index (χ0v) is 43.2. The van der Waals surface area contributed by atoms with Gasteiger partial charge in [-0.1, -0.05) is 11.1 Å². The van der Waals surface area contributed by atoms with Gasteiger partial charge in [0.1, 0.15) is 29.4 Å². The molecular weight excluding hydrogens is 1050 g/mol. The fourth-order valence-electron chi connectivity index (χ4n) is 6.35. The third-order valence-electron chi connectivity index (χ3n) is 10.4. The molecule has 0 bridgehead atoms. The molecule has 66 heavy (non-hydrogen) atoms. The molecule has 0 spiro atoms. The summed E-state index contributed by atoms with van der Waals surface area (Å²) in [4.78, 5) is 27.2. The first-order valence-corrected chi connectivity index (χ1v) is 25.9. The number of ether oxygens (including phenoxy) is 1. The van der Waals surface area contributed by atoms with E-state index in [9.17, 15) is 43.6 Å². The van der Waals surface area contributed by atoms with E-state index in [1.54, 1.807) is 23.4 Å². The maximum atomic E-state index is 14.8. The minimum absolute atomic E-state index is 0. The van der Waals surface area contributed by atoms with Crippen LogP contribution in [0, 0.1) is 21.0 Å². The molecule has 1 atom stereocenters. The van der Waals surface area contributed by atoms with Crippen LogP contribution in [0.2, 0.25) is 0 Å². The zero-order chi connectivity index (χ0) is 47.4. The first-order valence-electron chi connectivity index (χ1n) is 20.6. The molecule has 1 unspecified atom stereocenters. The third kappa shape index (κ3) is 14.2. The molecule has 5 aromatic rings.